The highest BCUT2D eigenvalue weighted by Crippen LogP contribution is 2.22. The van der Waals surface area contributed by atoms with Crippen molar-refractivity contribution in [1.82, 2.24) is 0 Å². The molecule has 0 aliphatic heterocycles. The Bertz CT molecular complexity index is 371. The van der Waals surface area contributed by atoms with Crippen LogP contribution in [0.2, 0.25) is 0 Å². The van der Waals surface area contributed by atoms with Crippen LogP contribution in [0.15, 0.2) is 18.2 Å². The molecule has 0 saturated heterocycles. The van der Waals surface area contributed by atoms with Gasteiger partial charge in [0, 0.05) is 12.2 Å². The first-order valence-electron chi connectivity index (χ1n) is 5.85. The molecule has 1 unspecified atom stereocenters. The van der Waals surface area contributed by atoms with E-state index >= 15 is 0 Å². The summed E-state index contributed by atoms with van der Waals surface area (Å²) in [6.07, 6.45) is 0.388. The number of aliphatic hydroxyl groups is 1. The van der Waals surface area contributed by atoms with Gasteiger partial charge in [0.2, 0.25) is 0 Å². The molecule has 1 rings (SSSR count). The van der Waals surface area contributed by atoms with Crippen molar-refractivity contribution >= 4 is 17.1 Å². The van der Waals surface area contributed by atoms with E-state index in [9.17, 15) is 5.11 Å². The largest absolute Gasteiger partial charge is 0.397 e. The first-order chi connectivity index (χ1) is 7.78. The summed E-state index contributed by atoms with van der Waals surface area (Å²) >= 11 is 0. The lowest BCUT2D eigenvalue weighted by Gasteiger charge is -2.22. The molecule has 6 N–H and O–H groups in total. The molecule has 1 atom stereocenters. The summed E-state index contributed by atoms with van der Waals surface area (Å²) in [5.74, 6) is 0. The van der Waals surface area contributed by atoms with E-state index in [2.05, 4.69) is 26.1 Å². The molecular formula is C13H23N3O. The Labute approximate surface area is 103 Å². The van der Waals surface area contributed by atoms with E-state index in [0.717, 1.165) is 12.1 Å². The molecule has 0 fully saturated rings. The van der Waals surface area contributed by atoms with Crippen molar-refractivity contribution in [2.75, 3.05) is 23.3 Å². The van der Waals surface area contributed by atoms with Gasteiger partial charge in [-0.2, -0.15) is 0 Å². The summed E-state index contributed by atoms with van der Waals surface area (Å²) in [7, 11) is 0. The van der Waals surface area contributed by atoms with Gasteiger partial charge in [-0.1, -0.05) is 20.8 Å². The van der Waals surface area contributed by atoms with Crippen molar-refractivity contribution in [3.05, 3.63) is 18.2 Å². The maximum Gasteiger partial charge on any atom is 0.0717 e. The highest BCUT2D eigenvalue weighted by molar-refractivity contribution is 5.69. The summed E-state index contributed by atoms with van der Waals surface area (Å²) in [5.41, 5.74) is 13.5. The molecule has 0 aliphatic carbocycles. The lowest BCUT2D eigenvalue weighted by Crippen LogP contribution is -2.25. The molecule has 0 spiro atoms. The fourth-order valence-electron chi connectivity index (χ4n) is 1.70. The third-order valence-corrected chi connectivity index (χ3v) is 2.48. The maximum atomic E-state index is 9.85. The minimum absolute atomic E-state index is 0.126. The summed E-state index contributed by atoms with van der Waals surface area (Å²) in [6, 6.07) is 5.39. The Kier molecular flexibility index (Phi) is 4.23. The van der Waals surface area contributed by atoms with Crippen LogP contribution in [0.1, 0.15) is 27.2 Å². The Hall–Kier alpha value is -1.42. The number of nitrogens with one attached hydrogen (secondary N) is 1. The lowest BCUT2D eigenvalue weighted by atomic mass is 9.89. The van der Waals surface area contributed by atoms with Crippen molar-refractivity contribution in [3.63, 3.8) is 0 Å². The van der Waals surface area contributed by atoms with Crippen LogP contribution >= 0.6 is 0 Å². The molecule has 4 nitrogen and oxygen atoms in total. The first-order valence-corrected chi connectivity index (χ1v) is 5.85. The van der Waals surface area contributed by atoms with Gasteiger partial charge in [0.25, 0.3) is 0 Å². The molecular weight excluding hydrogens is 214 g/mol. The number of rotatable bonds is 4. The van der Waals surface area contributed by atoms with Gasteiger partial charge in [0.1, 0.15) is 0 Å². The van der Waals surface area contributed by atoms with Crippen LogP contribution in [0.25, 0.3) is 0 Å². The lowest BCUT2D eigenvalue weighted by molar-refractivity contribution is 0.132. The zero-order valence-corrected chi connectivity index (χ0v) is 10.8. The molecule has 1 aromatic rings. The van der Waals surface area contributed by atoms with E-state index in [4.69, 9.17) is 11.5 Å². The van der Waals surface area contributed by atoms with Crippen LogP contribution in [0.4, 0.5) is 17.1 Å². The molecule has 17 heavy (non-hydrogen) atoms. The van der Waals surface area contributed by atoms with Gasteiger partial charge >= 0.3 is 0 Å². The van der Waals surface area contributed by atoms with Crippen molar-refractivity contribution in [3.8, 4) is 0 Å². The van der Waals surface area contributed by atoms with Crippen molar-refractivity contribution in [2.24, 2.45) is 5.41 Å². The highest BCUT2D eigenvalue weighted by Gasteiger charge is 2.16. The van der Waals surface area contributed by atoms with Gasteiger partial charge in [-0.05, 0) is 30.0 Å². The van der Waals surface area contributed by atoms with E-state index in [0.29, 0.717) is 17.9 Å². The number of nitrogens with two attached hydrogens (primary N) is 2. The second-order valence-electron chi connectivity index (χ2n) is 5.64. The molecule has 0 aliphatic rings. The van der Waals surface area contributed by atoms with Crippen LogP contribution in [-0.4, -0.2) is 17.8 Å². The minimum atomic E-state index is -0.367. The van der Waals surface area contributed by atoms with Crippen molar-refractivity contribution in [2.45, 2.75) is 33.3 Å². The molecule has 0 aromatic heterocycles. The monoisotopic (exact) mass is 237 g/mol. The molecule has 4 heteroatoms. The number of nitrogen functional groups attached to an aromatic ring is 2. The standard InChI is InChI=1S/C13H23N3O/c1-13(2,3)7-10(17)8-16-9-4-5-11(14)12(15)6-9/h4-6,10,16-17H,7-8,14-15H2,1-3H3. The Morgan fingerprint density at radius 2 is 1.88 bits per heavy atom. The molecule has 0 radical (unpaired) electrons. The number of anilines is 3. The van der Waals surface area contributed by atoms with E-state index in [1.165, 1.54) is 0 Å². The fraction of sp³-hybridized carbons (Fsp3) is 0.538. The summed E-state index contributed by atoms with van der Waals surface area (Å²) in [6.45, 7) is 6.84. The maximum absolute atomic E-state index is 9.85. The first kappa shape index (κ1) is 13.6. The molecule has 0 heterocycles. The third kappa shape index (κ3) is 4.95. The van der Waals surface area contributed by atoms with Crippen LogP contribution in [-0.2, 0) is 0 Å². The molecule has 0 amide bonds. The second kappa shape index (κ2) is 5.27. The zero-order chi connectivity index (χ0) is 13.1. The van der Waals surface area contributed by atoms with Crippen LogP contribution in [0, 0.1) is 5.41 Å². The van der Waals surface area contributed by atoms with Crippen LogP contribution in [0.5, 0.6) is 0 Å². The van der Waals surface area contributed by atoms with E-state index < -0.39 is 0 Å². The predicted octanol–water partition coefficient (Wildman–Crippen LogP) is 2.06. The van der Waals surface area contributed by atoms with E-state index in [1.807, 2.05) is 6.07 Å². The Morgan fingerprint density at radius 3 is 2.41 bits per heavy atom. The minimum Gasteiger partial charge on any atom is -0.397 e. The number of benzene rings is 1. The van der Waals surface area contributed by atoms with E-state index in [1.54, 1.807) is 12.1 Å². The van der Waals surface area contributed by atoms with Gasteiger partial charge in [-0.25, -0.2) is 0 Å². The normalized spacial score (nSPS) is 13.4. The third-order valence-electron chi connectivity index (χ3n) is 2.48. The van der Waals surface area contributed by atoms with Crippen LogP contribution in [0.3, 0.4) is 0 Å². The van der Waals surface area contributed by atoms with Gasteiger partial charge in [0.05, 0.1) is 17.5 Å². The highest BCUT2D eigenvalue weighted by atomic mass is 16.3. The van der Waals surface area contributed by atoms with Gasteiger partial charge < -0.3 is 21.9 Å². The summed E-state index contributed by atoms with van der Waals surface area (Å²) in [4.78, 5) is 0. The fourth-order valence-corrected chi connectivity index (χ4v) is 1.70. The number of hydrogen-bond acceptors (Lipinski definition) is 4. The number of aliphatic hydroxyl groups excluding tert-OH is 1. The quantitative estimate of drug-likeness (QED) is 0.604. The predicted molar refractivity (Wildman–Crippen MR) is 73.8 cm³/mol. The molecule has 1 aromatic carbocycles. The second-order valence-corrected chi connectivity index (χ2v) is 5.64. The Balaban J connectivity index is 2.47. The van der Waals surface area contributed by atoms with Crippen LogP contribution < -0.4 is 16.8 Å². The summed E-state index contributed by atoms with van der Waals surface area (Å²) in [5, 5.41) is 13.0. The topological polar surface area (TPSA) is 84.3 Å². The average molecular weight is 237 g/mol. The number of hydrogen-bond donors (Lipinski definition) is 4. The Morgan fingerprint density at radius 1 is 1.24 bits per heavy atom. The van der Waals surface area contributed by atoms with Gasteiger partial charge in [-0.15, -0.1) is 0 Å². The SMILES string of the molecule is CC(C)(C)CC(O)CNc1ccc(N)c(N)c1. The van der Waals surface area contributed by atoms with E-state index in [-0.39, 0.29) is 11.5 Å². The average Bonchev–Trinajstić information content (AvgIpc) is 2.17. The van der Waals surface area contributed by atoms with Gasteiger partial charge in [-0.3, -0.25) is 0 Å². The smallest absolute Gasteiger partial charge is 0.0717 e. The van der Waals surface area contributed by atoms with Gasteiger partial charge in [0.15, 0.2) is 0 Å². The molecule has 0 bridgehead atoms. The molecule has 96 valence electrons. The van der Waals surface area contributed by atoms with Crippen molar-refractivity contribution < 1.29 is 5.11 Å². The van der Waals surface area contributed by atoms with Crippen molar-refractivity contribution in [1.29, 1.82) is 0 Å². The summed E-state index contributed by atoms with van der Waals surface area (Å²) < 4.78 is 0. The zero-order valence-electron chi connectivity index (χ0n) is 10.8. The molecule has 0 saturated carbocycles.